The van der Waals surface area contributed by atoms with Gasteiger partial charge in [-0.3, -0.25) is 0 Å². The quantitative estimate of drug-likeness (QED) is 0.529. The van der Waals surface area contributed by atoms with Gasteiger partial charge >= 0.3 is 11.9 Å². The number of carbonyl (C=O) groups excluding carboxylic acids is 2. The number of hydrogen-bond donors (Lipinski definition) is 3. The molecule has 1 atom stereocenters. The zero-order valence-electron chi connectivity index (χ0n) is 16.9. The Bertz CT molecular complexity index is 828. The molecule has 1 heterocycles. The molecule has 1 fully saturated rings. The normalized spacial score (nSPS) is 17.5. The molecule has 0 aromatic heterocycles. The number of aliphatic hydroxyl groups is 1. The minimum Gasteiger partial charge on any atom is -0.366 e. The van der Waals surface area contributed by atoms with Crippen molar-refractivity contribution in [2.24, 2.45) is 11.1 Å². The summed E-state index contributed by atoms with van der Waals surface area (Å²) in [5, 5.41) is 14.0. The molecule has 3 amide bonds. The van der Waals surface area contributed by atoms with Crippen molar-refractivity contribution in [1.82, 2.24) is 5.32 Å². The van der Waals surface area contributed by atoms with Gasteiger partial charge in [-0.15, -0.1) is 0 Å². The van der Waals surface area contributed by atoms with E-state index in [0.29, 0.717) is 24.7 Å². The van der Waals surface area contributed by atoms with E-state index >= 15 is 0 Å². The lowest BCUT2D eigenvalue weighted by Gasteiger charge is -2.41. The Morgan fingerprint density at radius 3 is 2.36 bits per heavy atom. The number of nitrogens with one attached hydrogen (secondary N) is 1. The number of urea groups is 1. The minimum absolute atomic E-state index is 0.203. The van der Waals surface area contributed by atoms with Crippen LogP contribution in [0.15, 0.2) is 18.2 Å². The third-order valence-corrected chi connectivity index (χ3v) is 5.01. The summed E-state index contributed by atoms with van der Waals surface area (Å²) in [5.74, 6) is 4.94. The lowest BCUT2D eigenvalue weighted by atomic mass is 9.94. The Morgan fingerprint density at radius 2 is 1.86 bits per heavy atom. The van der Waals surface area contributed by atoms with E-state index in [9.17, 15) is 14.7 Å². The molecule has 0 aliphatic carbocycles. The van der Waals surface area contributed by atoms with E-state index in [1.54, 1.807) is 12.1 Å². The SMILES string of the molecule is CC(C)(C)C#C[C@](C)(O)C(=O)[N+]1(C(=O)NCc2cc(Cl)ccc2CN)CCC1. The highest BCUT2D eigenvalue weighted by Gasteiger charge is 2.56. The summed E-state index contributed by atoms with van der Waals surface area (Å²) in [7, 11) is 0. The van der Waals surface area contributed by atoms with Crippen molar-refractivity contribution < 1.29 is 19.2 Å². The second-order valence-electron chi connectivity index (χ2n) is 8.42. The maximum atomic E-state index is 13.0. The molecule has 7 heteroatoms. The van der Waals surface area contributed by atoms with Gasteiger partial charge in [-0.05, 0) is 51.0 Å². The number of imide groups is 1. The molecule has 1 aromatic carbocycles. The lowest BCUT2D eigenvalue weighted by molar-refractivity contribution is -0.819. The summed E-state index contributed by atoms with van der Waals surface area (Å²) in [4.78, 5) is 25.9. The lowest BCUT2D eigenvalue weighted by Crippen LogP contribution is -2.71. The second kappa shape index (κ2) is 8.22. The number of nitrogens with two attached hydrogens (primary N) is 1. The molecule has 28 heavy (non-hydrogen) atoms. The number of likely N-dealkylation sites (tertiary alicyclic amines) is 1. The van der Waals surface area contributed by atoms with E-state index in [1.165, 1.54) is 6.92 Å². The van der Waals surface area contributed by atoms with E-state index in [4.69, 9.17) is 17.3 Å². The molecule has 6 nitrogen and oxygen atoms in total. The number of amides is 3. The first-order valence-corrected chi connectivity index (χ1v) is 9.74. The first-order valence-electron chi connectivity index (χ1n) is 9.36. The Kier molecular flexibility index (Phi) is 6.57. The third-order valence-electron chi connectivity index (χ3n) is 4.77. The van der Waals surface area contributed by atoms with Gasteiger partial charge in [0.25, 0.3) is 0 Å². The summed E-state index contributed by atoms with van der Waals surface area (Å²) in [6.07, 6.45) is 0.729. The summed E-state index contributed by atoms with van der Waals surface area (Å²) >= 11 is 6.04. The van der Waals surface area contributed by atoms with E-state index in [1.807, 2.05) is 26.8 Å². The van der Waals surface area contributed by atoms with Gasteiger partial charge in [0.05, 0.1) is 0 Å². The highest BCUT2D eigenvalue weighted by atomic mass is 35.5. The Balaban J connectivity index is 2.19. The van der Waals surface area contributed by atoms with Crippen LogP contribution in [0.5, 0.6) is 0 Å². The molecule has 0 radical (unpaired) electrons. The van der Waals surface area contributed by atoms with Gasteiger partial charge in [0.1, 0.15) is 13.1 Å². The van der Waals surface area contributed by atoms with E-state index in [2.05, 4.69) is 17.2 Å². The summed E-state index contributed by atoms with van der Waals surface area (Å²) in [6.45, 7) is 8.23. The average molecular weight is 407 g/mol. The van der Waals surface area contributed by atoms with Crippen LogP contribution >= 0.6 is 11.6 Å². The fraction of sp³-hybridized carbons (Fsp3) is 0.524. The zero-order chi connectivity index (χ0) is 21.2. The van der Waals surface area contributed by atoms with Crippen LogP contribution in [-0.4, -0.2) is 40.2 Å². The summed E-state index contributed by atoms with van der Waals surface area (Å²) < 4.78 is -0.454. The predicted octanol–water partition coefficient (Wildman–Crippen LogP) is 2.56. The monoisotopic (exact) mass is 406 g/mol. The van der Waals surface area contributed by atoms with Gasteiger partial charge in [-0.25, -0.2) is 9.59 Å². The number of carbonyl (C=O) groups is 2. The molecule has 1 aromatic rings. The number of halogens is 1. The van der Waals surface area contributed by atoms with Gasteiger partial charge in [-0.2, -0.15) is 4.48 Å². The van der Waals surface area contributed by atoms with Crippen molar-refractivity contribution in [3.63, 3.8) is 0 Å². The maximum absolute atomic E-state index is 13.0. The maximum Gasteiger partial charge on any atom is 0.424 e. The molecule has 152 valence electrons. The van der Waals surface area contributed by atoms with Crippen molar-refractivity contribution in [3.05, 3.63) is 34.3 Å². The minimum atomic E-state index is -1.90. The van der Waals surface area contributed by atoms with Crippen LogP contribution in [0.2, 0.25) is 5.02 Å². The first kappa shape index (κ1) is 22.4. The molecular weight excluding hydrogens is 378 g/mol. The molecular formula is C21H29ClN3O3+. The second-order valence-corrected chi connectivity index (χ2v) is 8.86. The number of hydrogen-bond acceptors (Lipinski definition) is 4. The highest BCUT2D eigenvalue weighted by Crippen LogP contribution is 2.27. The van der Waals surface area contributed by atoms with Crippen LogP contribution in [0.25, 0.3) is 0 Å². The summed E-state index contributed by atoms with van der Waals surface area (Å²) in [6, 6.07) is 4.86. The highest BCUT2D eigenvalue weighted by molar-refractivity contribution is 6.30. The van der Waals surface area contributed by atoms with Crippen molar-refractivity contribution in [2.75, 3.05) is 13.1 Å². The molecule has 1 saturated heterocycles. The molecule has 4 N–H and O–H groups in total. The Hall–Kier alpha value is -1.91. The van der Waals surface area contributed by atoms with E-state index in [0.717, 1.165) is 17.5 Å². The number of benzene rings is 1. The Labute approximate surface area is 171 Å². The van der Waals surface area contributed by atoms with E-state index in [-0.39, 0.29) is 12.0 Å². The molecule has 1 aliphatic rings. The number of quaternary nitrogens is 1. The fourth-order valence-corrected chi connectivity index (χ4v) is 3.23. The topological polar surface area (TPSA) is 92.4 Å². The molecule has 0 saturated carbocycles. The molecule has 1 aliphatic heterocycles. The number of nitrogens with zero attached hydrogens (tertiary/aromatic N) is 1. The average Bonchev–Trinajstić information content (AvgIpc) is 2.56. The van der Waals surface area contributed by atoms with Gasteiger partial charge in [0.2, 0.25) is 5.60 Å². The van der Waals surface area contributed by atoms with Crippen LogP contribution in [-0.2, 0) is 17.9 Å². The summed E-state index contributed by atoms with van der Waals surface area (Å²) in [5.41, 5.74) is 5.15. The fourth-order valence-electron chi connectivity index (χ4n) is 3.03. The molecule has 0 bridgehead atoms. The van der Waals surface area contributed by atoms with Gasteiger partial charge in [-0.1, -0.05) is 29.5 Å². The zero-order valence-corrected chi connectivity index (χ0v) is 17.7. The van der Waals surface area contributed by atoms with Crippen molar-refractivity contribution >= 4 is 23.5 Å². The predicted molar refractivity (Wildman–Crippen MR) is 109 cm³/mol. The van der Waals surface area contributed by atoms with Gasteiger partial charge in [0, 0.05) is 29.9 Å². The van der Waals surface area contributed by atoms with Crippen LogP contribution < -0.4 is 11.1 Å². The van der Waals surface area contributed by atoms with Crippen LogP contribution in [0.3, 0.4) is 0 Å². The van der Waals surface area contributed by atoms with Gasteiger partial charge < -0.3 is 16.2 Å². The first-order chi connectivity index (χ1) is 12.9. The van der Waals surface area contributed by atoms with Gasteiger partial charge in [0.15, 0.2) is 0 Å². The Morgan fingerprint density at radius 1 is 1.21 bits per heavy atom. The molecule has 0 unspecified atom stereocenters. The third kappa shape index (κ3) is 4.92. The largest absolute Gasteiger partial charge is 0.424 e. The smallest absolute Gasteiger partial charge is 0.366 e. The molecule has 0 spiro atoms. The van der Waals surface area contributed by atoms with Crippen LogP contribution in [0.1, 0.15) is 45.2 Å². The van der Waals surface area contributed by atoms with Crippen LogP contribution in [0.4, 0.5) is 4.79 Å². The van der Waals surface area contributed by atoms with Crippen LogP contribution in [0, 0.1) is 17.3 Å². The van der Waals surface area contributed by atoms with Crippen molar-refractivity contribution in [3.8, 4) is 11.8 Å². The number of rotatable bonds is 4. The standard InChI is InChI=1S/C21H28ClN3O3/c1-20(2,3)8-9-21(4,28)18(26)25(10-5-11-25)19(27)24-14-16-12-17(22)7-6-15(16)13-23/h6-7,12,28H,5,10-11,13-14,23H2,1-4H3/p+1/t21-/m0/s1. The van der Waals surface area contributed by atoms with Crippen molar-refractivity contribution in [2.45, 2.75) is 52.8 Å². The van der Waals surface area contributed by atoms with E-state index < -0.39 is 22.0 Å². The van der Waals surface area contributed by atoms with Crippen molar-refractivity contribution in [1.29, 1.82) is 0 Å². The molecule has 2 rings (SSSR count).